The molecule has 0 saturated carbocycles. The van der Waals surface area contributed by atoms with Crippen LogP contribution in [0.15, 0.2) is 139 Å². The fourth-order valence-electron chi connectivity index (χ4n) is 4.08. The van der Waals surface area contributed by atoms with Crippen molar-refractivity contribution in [2.45, 2.75) is 19.4 Å². The zero-order valence-electron chi connectivity index (χ0n) is 32.2. The number of ether oxygens (including phenoxy) is 2. The Kier molecular flexibility index (Phi) is 23.7. The molecule has 0 saturated heterocycles. The van der Waals surface area contributed by atoms with Crippen LogP contribution in [-0.2, 0) is 25.6 Å². The number of nitrogens with one attached hydrogen (secondary N) is 2. The highest BCUT2D eigenvalue weighted by Crippen LogP contribution is 2.17. The molecule has 0 heterocycles. The highest BCUT2D eigenvalue weighted by atomic mass is 16.5. The number of anilines is 2. The van der Waals surface area contributed by atoms with Gasteiger partial charge in [-0.3, -0.25) is 15.0 Å². The first-order valence-corrected chi connectivity index (χ1v) is 17.1. The molecule has 1 amide bonds. The van der Waals surface area contributed by atoms with Gasteiger partial charge in [0.15, 0.2) is 0 Å². The third kappa shape index (κ3) is 20.4. The van der Waals surface area contributed by atoms with Crippen molar-refractivity contribution in [1.82, 2.24) is 10.7 Å². The number of aryl methyl sites for hydroxylation is 1. The van der Waals surface area contributed by atoms with Crippen LogP contribution in [0.5, 0.6) is 11.5 Å². The van der Waals surface area contributed by atoms with Crippen LogP contribution in [0.25, 0.3) is 0 Å². The summed E-state index contributed by atoms with van der Waals surface area (Å²) in [6, 6.07) is 34.9. The normalized spacial score (nSPS) is 10.8. The molecule has 0 aliphatic carbocycles. The second-order valence-electron chi connectivity index (χ2n) is 11.7. The van der Waals surface area contributed by atoms with Gasteiger partial charge in [-0.15, -0.1) is 0 Å². The van der Waals surface area contributed by atoms with Crippen LogP contribution in [0.4, 0.5) is 11.4 Å². The number of amides is 1. The number of carbonyl (C=O) groups is 4. The second kappa shape index (κ2) is 28.1. The van der Waals surface area contributed by atoms with E-state index in [4.69, 9.17) is 9.47 Å². The summed E-state index contributed by atoms with van der Waals surface area (Å²) >= 11 is 0. The lowest BCUT2D eigenvalue weighted by Crippen LogP contribution is -2.35. The standard InChI is InChI=1S/C18H19N3O4.2C9H13NO.C7H8/c22-11-6-2-5-9-17(18(25)19-10-12-23)21-20-16(14-24)13-15-7-3-1-4-8-15;2*1-10(2)8-4-6-9(11-3)7-5-8;1-7-5-3-2-4-6-7/h1-9,11-12,14,16,20H,10,13H2,(H,19,25);2*4-7H,1-3H3;2-6H,1H3/b6-2+,9-5-,21-17+;;;. The first kappa shape index (κ1) is 45.5. The number of methoxy groups -OCH3 is 2. The van der Waals surface area contributed by atoms with Crippen LogP contribution in [0.2, 0.25) is 0 Å². The molecule has 4 aromatic rings. The van der Waals surface area contributed by atoms with Gasteiger partial charge in [-0.05, 0) is 73.2 Å². The van der Waals surface area contributed by atoms with Crippen LogP contribution < -0.4 is 30.0 Å². The molecule has 1 unspecified atom stereocenters. The minimum atomic E-state index is -0.616. The van der Waals surface area contributed by atoms with Crippen molar-refractivity contribution in [2.75, 3.05) is 58.8 Å². The number of hydrogen-bond acceptors (Lipinski definition) is 10. The predicted octanol–water partition coefficient (Wildman–Crippen LogP) is 5.89. The molecule has 0 spiro atoms. The summed E-state index contributed by atoms with van der Waals surface area (Å²) in [7, 11) is 11.4. The van der Waals surface area contributed by atoms with E-state index in [1.807, 2.05) is 125 Å². The van der Waals surface area contributed by atoms with Crippen molar-refractivity contribution >= 4 is 41.9 Å². The molecule has 4 aromatic carbocycles. The zero-order chi connectivity index (χ0) is 40.0. The Morgan fingerprint density at radius 1 is 0.704 bits per heavy atom. The third-order valence-corrected chi connectivity index (χ3v) is 7.07. The number of benzene rings is 4. The van der Waals surface area contributed by atoms with E-state index < -0.39 is 11.9 Å². The van der Waals surface area contributed by atoms with Gasteiger partial charge in [0.2, 0.25) is 0 Å². The Balaban J connectivity index is 0.000000411. The number of hydrazone groups is 1. The molecule has 0 aliphatic rings. The van der Waals surface area contributed by atoms with Gasteiger partial charge in [-0.25, -0.2) is 0 Å². The molecular weight excluding hydrogens is 683 g/mol. The van der Waals surface area contributed by atoms with E-state index in [1.165, 1.54) is 41.2 Å². The van der Waals surface area contributed by atoms with Crippen LogP contribution in [0.1, 0.15) is 11.1 Å². The monoisotopic (exact) mass is 735 g/mol. The van der Waals surface area contributed by atoms with Crippen molar-refractivity contribution in [3.63, 3.8) is 0 Å². The number of allylic oxidation sites excluding steroid dienone is 3. The topological polar surface area (TPSA) is 130 Å². The number of nitrogens with zero attached hydrogens (tertiary/aromatic N) is 3. The van der Waals surface area contributed by atoms with Gasteiger partial charge in [0.25, 0.3) is 5.91 Å². The Bertz CT molecular complexity index is 1660. The van der Waals surface area contributed by atoms with Crippen molar-refractivity contribution in [3.05, 3.63) is 145 Å². The number of rotatable bonds is 15. The minimum absolute atomic E-state index is 0.0303. The van der Waals surface area contributed by atoms with E-state index >= 15 is 0 Å². The van der Waals surface area contributed by atoms with Crippen LogP contribution in [-0.4, -0.2) is 85.5 Å². The molecule has 0 aromatic heterocycles. The molecule has 4 rings (SSSR count). The van der Waals surface area contributed by atoms with Crippen LogP contribution in [0, 0.1) is 6.92 Å². The molecule has 0 fully saturated rings. The lowest BCUT2D eigenvalue weighted by atomic mass is 10.1. The van der Waals surface area contributed by atoms with Gasteiger partial charge in [0, 0.05) is 46.0 Å². The fourth-order valence-corrected chi connectivity index (χ4v) is 4.08. The SMILES string of the molecule is COc1ccc(N(C)C)cc1.COc1ccc(N(C)C)cc1.Cc1ccccc1.O=C/C=C/C=C\C(=N/NC(C=O)Cc1ccccc1)C(=O)NCC=O. The van der Waals surface area contributed by atoms with Crippen LogP contribution in [0.3, 0.4) is 0 Å². The van der Waals surface area contributed by atoms with E-state index in [1.54, 1.807) is 14.2 Å². The van der Waals surface area contributed by atoms with Gasteiger partial charge < -0.3 is 34.2 Å². The lowest BCUT2D eigenvalue weighted by molar-refractivity contribution is -0.117. The Hall–Kier alpha value is -6.49. The van der Waals surface area contributed by atoms with Crippen LogP contribution >= 0.6 is 0 Å². The summed E-state index contributed by atoms with van der Waals surface area (Å²) in [6.07, 6.45) is 7.72. The van der Waals surface area contributed by atoms with E-state index in [-0.39, 0.29) is 12.3 Å². The smallest absolute Gasteiger partial charge is 0.272 e. The summed E-state index contributed by atoms with van der Waals surface area (Å²) in [5.74, 6) is 1.21. The average Bonchev–Trinajstić information content (AvgIpc) is 3.20. The molecule has 286 valence electrons. The molecule has 1 atom stereocenters. The Morgan fingerprint density at radius 2 is 1.20 bits per heavy atom. The van der Waals surface area contributed by atoms with E-state index in [9.17, 15) is 19.2 Å². The highest BCUT2D eigenvalue weighted by molar-refractivity contribution is 6.43. The van der Waals surface area contributed by atoms with Gasteiger partial charge in [-0.1, -0.05) is 78.4 Å². The maximum Gasteiger partial charge on any atom is 0.272 e. The van der Waals surface area contributed by atoms with Crippen molar-refractivity contribution in [1.29, 1.82) is 0 Å². The van der Waals surface area contributed by atoms with Crippen molar-refractivity contribution in [2.24, 2.45) is 5.10 Å². The number of carbonyl (C=O) groups excluding carboxylic acids is 4. The minimum Gasteiger partial charge on any atom is -0.497 e. The summed E-state index contributed by atoms with van der Waals surface area (Å²) in [4.78, 5) is 47.9. The molecule has 0 bridgehead atoms. The quantitative estimate of drug-likeness (QED) is 0.0505. The van der Waals surface area contributed by atoms with E-state index in [0.717, 1.165) is 17.1 Å². The summed E-state index contributed by atoms with van der Waals surface area (Å²) in [5, 5.41) is 6.29. The molecule has 0 aliphatic heterocycles. The number of aldehydes is 3. The molecule has 11 heteroatoms. The predicted molar refractivity (Wildman–Crippen MR) is 220 cm³/mol. The fraction of sp³-hybridized carbons (Fsp3) is 0.233. The molecular formula is C43H53N5O6. The van der Waals surface area contributed by atoms with Gasteiger partial charge in [-0.2, -0.15) is 5.10 Å². The average molecular weight is 736 g/mol. The molecule has 11 nitrogen and oxygen atoms in total. The Labute approximate surface area is 320 Å². The molecule has 54 heavy (non-hydrogen) atoms. The lowest BCUT2D eigenvalue weighted by Gasteiger charge is -2.11. The van der Waals surface area contributed by atoms with Gasteiger partial charge >= 0.3 is 0 Å². The maximum atomic E-state index is 12.0. The van der Waals surface area contributed by atoms with Gasteiger partial charge in [0.1, 0.15) is 42.1 Å². The first-order chi connectivity index (χ1) is 26.1. The highest BCUT2D eigenvalue weighted by Gasteiger charge is 2.11. The largest absolute Gasteiger partial charge is 0.497 e. The molecule has 2 N–H and O–H groups in total. The van der Waals surface area contributed by atoms with E-state index in [2.05, 4.69) is 44.7 Å². The second-order valence-corrected chi connectivity index (χ2v) is 11.7. The summed E-state index contributed by atoms with van der Waals surface area (Å²) in [6.45, 7) is 1.93. The Morgan fingerprint density at radius 3 is 1.59 bits per heavy atom. The van der Waals surface area contributed by atoms with E-state index in [0.29, 0.717) is 25.3 Å². The third-order valence-electron chi connectivity index (χ3n) is 7.07. The van der Waals surface area contributed by atoms with Crippen molar-refractivity contribution < 1.29 is 28.7 Å². The number of hydrogen-bond donors (Lipinski definition) is 2. The molecule has 0 radical (unpaired) electrons. The van der Waals surface area contributed by atoms with Gasteiger partial charge in [0.05, 0.1) is 20.8 Å². The summed E-state index contributed by atoms with van der Waals surface area (Å²) in [5.41, 5.74) is 7.25. The summed E-state index contributed by atoms with van der Waals surface area (Å²) < 4.78 is 10.1. The first-order valence-electron chi connectivity index (χ1n) is 17.1. The van der Waals surface area contributed by atoms with Crippen molar-refractivity contribution in [3.8, 4) is 11.5 Å². The maximum absolute atomic E-state index is 12.0. The zero-order valence-corrected chi connectivity index (χ0v) is 32.2.